The van der Waals surface area contributed by atoms with Crippen LogP contribution in [0.15, 0.2) is 12.4 Å². The molecule has 0 bridgehead atoms. The molecule has 5 heteroatoms. The topological polar surface area (TPSA) is 29.9 Å². The molecule has 1 N–H and O–H groups in total. The summed E-state index contributed by atoms with van der Waals surface area (Å²) in [4.78, 5) is 3.71. The number of rotatable bonds is 2. The van der Waals surface area contributed by atoms with Gasteiger partial charge in [0.25, 0.3) is 0 Å². The van der Waals surface area contributed by atoms with Gasteiger partial charge in [-0.3, -0.25) is 0 Å². The number of hydrogen-bond acceptors (Lipinski definition) is 2. The van der Waals surface area contributed by atoms with Gasteiger partial charge in [-0.15, -0.1) is 0 Å². The maximum atomic E-state index is 3.71. The fourth-order valence-electron chi connectivity index (χ4n) is 0.358. The number of hydrogen-bond donors (Lipinski definition) is 1. The van der Waals surface area contributed by atoms with Crippen molar-refractivity contribution in [2.75, 3.05) is 5.43 Å². The second-order valence-electron chi connectivity index (χ2n) is 1.14. The van der Waals surface area contributed by atoms with Crippen LogP contribution in [-0.2, 0) is 40.4 Å². The summed E-state index contributed by atoms with van der Waals surface area (Å²) in [5.41, 5.74) is 2.90. The molecule has 0 aliphatic rings. The number of nitrogens with one attached hydrogen (secondary N) is 1. The van der Waals surface area contributed by atoms with Crippen molar-refractivity contribution in [1.82, 2.24) is 9.66 Å². The van der Waals surface area contributed by atoms with Gasteiger partial charge in [-0.05, 0) is 0 Å². The van der Waals surface area contributed by atoms with Crippen LogP contribution in [0.3, 0.4) is 0 Å². The first-order valence-electron chi connectivity index (χ1n) is 2.04. The summed E-state index contributed by atoms with van der Waals surface area (Å²) in [7, 11) is 0. The molecule has 1 heterocycles. The van der Waals surface area contributed by atoms with Crippen LogP contribution in [0.2, 0.25) is 0 Å². The molecule has 0 fully saturated rings. The summed E-state index contributed by atoms with van der Waals surface area (Å²) in [6.07, 6.45) is 6.14. The Morgan fingerprint density at radius 3 is 3.00 bits per heavy atom. The van der Waals surface area contributed by atoms with Crippen LogP contribution in [0.25, 0.3) is 0 Å². The third-order valence-corrected chi connectivity index (χ3v) is 1.03. The van der Waals surface area contributed by atoms with E-state index < -0.39 is 0 Å². The predicted octanol–water partition coefficient (Wildman–Crippen LogP) is -0.469. The summed E-state index contributed by atoms with van der Waals surface area (Å²) in [5, 5.41) is 0. The zero-order chi connectivity index (χ0) is 5.82. The Balaban J connectivity index is 0.000000640. The Labute approximate surface area is 78.5 Å². The van der Waals surface area contributed by atoms with Crippen LogP contribution in [0, 0.1) is 6.33 Å². The van der Waals surface area contributed by atoms with E-state index in [1.807, 2.05) is 4.52 Å². The Kier molecular flexibility index (Phi) is 5.22. The molecule has 0 unspecified atom stereocenters. The average Bonchev–Trinajstić information content (AvgIpc) is 2.19. The molecule has 3 nitrogen and oxygen atoms in total. The fraction of sp³-hybridized carbons (Fsp3) is 0. The third kappa shape index (κ3) is 3.07. The molecule has 0 saturated carbocycles. The molecule has 1 aromatic heterocycles. The van der Waals surface area contributed by atoms with Crippen LogP contribution in [-0.4, -0.2) is 14.2 Å². The Bertz CT molecular complexity index is 160. The quantitative estimate of drug-likeness (QED) is 0.604. The molecule has 0 aliphatic carbocycles. The van der Waals surface area contributed by atoms with Gasteiger partial charge in [-0.2, -0.15) is 0 Å². The van der Waals surface area contributed by atoms with Crippen LogP contribution in [0.5, 0.6) is 0 Å². The molecule has 1 rings (SSSR count). The van der Waals surface area contributed by atoms with Gasteiger partial charge < -0.3 is 0 Å². The number of aromatic nitrogens is 2. The zero-order valence-electron chi connectivity index (χ0n) is 4.44. The van der Waals surface area contributed by atoms with Crippen molar-refractivity contribution in [2.45, 2.75) is 0 Å². The van der Waals surface area contributed by atoms with Gasteiger partial charge in [0, 0.05) is 21.1 Å². The molecule has 0 radical (unpaired) electrons. The number of nitrogens with zero attached hydrogens (tertiary/aromatic N) is 2. The van der Waals surface area contributed by atoms with Gasteiger partial charge in [0.05, 0.1) is 0 Å². The molecule has 0 amide bonds. The van der Waals surface area contributed by atoms with E-state index in [9.17, 15) is 0 Å². The van der Waals surface area contributed by atoms with Gasteiger partial charge in [0.15, 0.2) is 0 Å². The van der Waals surface area contributed by atoms with Crippen molar-refractivity contribution < 1.29 is 40.4 Å². The first-order valence-corrected chi connectivity index (χ1v) is 3.74. The van der Waals surface area contributed by atoms with Crippen molar-refractivity contribution in [3.8, 4) is 0 Å². The Morgan fingerprint density at radius 2 is 2.56 bits per heavy atom. The van der Waals surface area contributed by atoms with Crippen molar-refractivity contribution >= 4 is 4.52 Å². The average molecular weight is 462 g/mol. The molecular weight excluding hydrogens is 458 g/mol. The van der Waals surface area contributed by atoms with E-state index in [1.165, 1.54) is 19.4 Å². The molecule has 9 heavy (non-hydrogen) atoms. The molecule has 0 aromatic carbocycles. The first-order chi connectivity index (χ1) is 3.93. The van der Waals surface area contributed by atoms with Gasteiger partial charge in [-0.1, -0.05) is 0 Å². The van der Waals surface area contributed by atoms with E-state index >= 15 is 0 Å². The molecule has 1 aromatic rings. The minimum atomic E-state index is 0. The second kappa shape index (κ2) is 5.07. The summed E-state index contributed by atoms with van der Waals surface area (Å²) in [6.45, 7) is 0. The van der Waals surface area contributed by atoms with Gasteiger partial charge >= 0.3 is 57.7 Å². The van der Waals surface area contributed by atoms with Gasteiger partial charge in [0.1, 0.15) is 0 Å². The minimum absolute atomic E-state index is 0. The van der Waals surface area contributed by atoms with E-state index in [1.54, 1.807) is 17.1 Å². The number of imidazole rings is 1. The van der Waals surface area contributed by atoms with Crippen molar-refractivity contribution in [3.05, 3.63) is 18.7 Å². The molecule has 0 atom stereocenters. The molecule has 48 valence electrons. The maximum absolute atomic E-state index is 3.71. The second-order valence-corrected chi connectivity index (χ2v) is 1.99. The Hall–Kier alpha value is 0.257. The van der Waals surface area contributed by atoms with Gasteiger partial charge in [-0.25, -0.2) is 0 Å². The van der Waals surface area contributed by atoms with Crippen molar-refractivity contribution in [3.63, 3.8) is 0 Å². The van der Waals surface area contributed by atoms with E-state index in [0.717, 1.165) is 0 Å². The SMILES string of the molecule is [W].[W]=[CH]Nn1[c-]ncc1. The van der Waals surface area contributed by atoms with Crippen LogP contribution < -0.4 is 5.43 Å². The van der Waals surface area contributed by atoms with Crippen LogP contribution in [0.4, 0.5) is 0 Å². The zero-order valence-corrected chi connectivity index (χ0v) is 10.3. The fourth-order valence-corrected chi connectivity index (χ4v) is 0.766. The monoisotopic (exact) mass is 462 g/mol. The van der Waals surface area contributed by atoms with E-state index in [4.69, 9.17) is 0 Å². The van der Waals surface area contributed by atoms with Crippen molar-refractivity contribution in [1.29, 1.82) is 0 Å². The molecular formula is C4H4N3W2-. The summed E-state index contributed by atoms with van der Waals surface area (Å²) in [5.74, 6) is 0. The normalized spacial score (nSPS) is 7.56. The van der Waals surface area contributed by atoms with Crippen molar-refractivity contribution in [2.24, 2.45) is 0 Å². The van der Waals surface area contributed by atoms with E-state index in [2.05, 4.69) is 16.7 Å². The first kappa shape index (κ1) is 9.26. The Morgan fingerprint density at radius 1 is 1.78 bits per heavy atom. The van der Waals surface area contributed by atoms with Crippen LogP contribution >= 0.6 is 0 Å². The van der Waals surface area contributed by atoms with E-state index in [-0.39, 0.29) is 21.1 Å². The predicted molar refractivity (Wildman–Crippen MR) is 26.5 cm³/mol. The molecule has 0 aliphatic heterocycles. The third-order valence-electron chi connectivity index (χ3n) is 0.648. The molecule has 0 saturated heterocycles. The summed E-state index contributed by atoms with van der Waals surface area (Å²) < 4.78 is 3.55. The summed E-state index contributed by atoms with van der Waals surface area (Å²) in [6, 6.07) is 0. The van der Waals surface area contributed by atoms with Gasteiger partial charge in [0.2, 0.25) is 0 Å². The van der Waals surface area contributed by atoms with Crippen LogP contribution in [0.1, 0.15) is 0 Å². The molecule has 0 spiro atoms. The standard InChI is InChI=1S/C4H4N3.2W/c1-5-7-3-2-6-4-7;;/h1-3,5H;;/q-1;;. The summed E-state index contributed by atoms with van der Waals surface area (Å²) >= 11 is 1.38. The van der Waals surface area contributed by atoms with E-state index in [0.29, 0.717) is 0 Å².